The molecule has 16 heavy (non-hydrogen) atoms. The Bertz CT molecular complexity index is 339. The minimum atomic E-state index is 0.320. The Morgan fingerprint density at radius 1 is 1.19 bits per heavy atom. The van der Waals surface area contributed by atoms with Crippen molar-refractivity contribution in [1.82, 2.24) is 4.90 Å². The van der Waals surface area contributed by atoms with Gasteiger partial charge in [0.05, 0.1) is 13.2 Å². The van der Waals surface area contributed by atoms with Crippen LogP contribution in [0.25, 0.3) is 0 Å². The van der Waals surface area contributed by atoms with Gasteiger partial charge in [0, 0.05) is 13.1 Å². The molecule has 0 spiro atoms. The van der Waals surface area contributed by atoms with Crippen molar-refractivity contribution in [2.75, 3.05) is 26.3 Å². The van der Waals surface area contributed by atoms with E-state index in [2.05, 4.69) is 17.2 Å². The Morgan fingerprint density at radius 2 is 1.88 bits per heavy atom. The van der Waals surface area contributed by atoms with E-state index in [1.165, 1.54) is 5.56 Å². The van der Waals surface area contributed by atoms with Crippen molar-refractivity contribution in [2.45, 2.75) is 6.42 Å². The van der Waals surface area contributed by atoms with Crippen LogP contribution in [0.5, 0.6) is 5.75 Å². The highest BCUT2D eigenvalue weighted by atomic mass is 16.5. The molecule has 0 radical (unpaired) electrons. The molecule has 0 saturated carbocycles. The normalized spacial score (nSPS) is 16.9. The first-order valence-electron chi connectivity index (χ1n) is 5.61. The summed E-state index contributed by atoms with van der Waals surface area (Å²) in [6.45, 7) is 3.60. The van der Waals surface area contributed by atoms with Crippen molar-refractivity contribution in [3.63, 3.8) is 0 Å². The van der Waals surface area contributed by atoms with Crippen LogP contribution in [0, 0.1) is 0 Å². The van der Waals surface area contributed by atoms with E-state index >= 15 is 0 Å². The molecule has 0 unspecified atom stereocenters. The van der Waals surface area contributed by atoms with Crippen molar-refractivity contribution in [1.29, 1.82) is 0 Å². The minimum absolute atomic E-state index is 0.320. The van der Waals surface area contributed by atoms with Gasteiger partial charge >= 0.3 is 0 Å². The lowest BCUT2D eigenvalue weighted by Gasteiger charge is -2.24. The molecule has 0 amide bonds. The van der Waals surface area contributed by atoms with Crippen LogP contribution in [-0.2, 0) is 11.2 Å². The fourth-order valence-corrected chi connectivity index (χ4v) is 1.70. The molecule has 86 valence electrons. The molecular formula is C13H17NO2. The summed E-state index contributed by atoms with van der Waals surface area (Å²) in [5.41, 5.74) is 1.21. The molecule has 1 fully saturated rings. The molecule has 2 rings (SSSR count). The average molecular weight is 219 g/mol. The summed E-state index contributed by atoms with van der Waals surface area (Å²) in [6.07, 6.45) is 5.19. The van der Waals surface area contributed by atoms with Crippen LogP contribution < -0.4 is 0 Å². The van der Waals surface area contributed by atoms with Gasteiger partial charge in [-0.05, 0) is 30.3 Å². The van der Waals surface area contributed by atoms with Crippen molar-refractivity contribution in [3.8, 4) is 5.75 Å². The molecule has 1 N–H and O–H groups in total. The van der Waals surface area contributed by atoms with Gasteiger partial charge in [-0.3, -0.25) is 0 Å². The molecule has 1 heterocycles. The fourth-order valence-electron chi connectivity index (χ4n) is 1.70. The van der Waals surface area contributed by atoms with Crippen LogP contribution in [0.1, 0.15) is 5.56 Å². The van der Waals surface area contributed by atoms with Crippen molar-refractivity contribution in [3.05, 3.63) is 42.1 Å². The summed E-state index contributed by atoms with van der Waals surface area (Å²) >= 11 is 0. The van der Waals surface area contributed by atoms with Crippen LogP contribution in [0.15, 0.2) is 36.5 Å². The quantitative estimate of drug-likeness (QED) is 0.841. The second kappa shape index (κ2) is 5.56. The molecule has 0 atom stereocenters. The predicted octanol–water partition coefficient (Wildman–Crippen LogP) is 1.78. The SMILES string of the molecule is Oc1ccc(CC=CN2CCOCC2)cc1. The Morgan fingerprint density at radius 3 is 2.56 bits per heavy atom. The molecule has 1 aromatic carbocycles. The number of nitrogens with zero attached hydrogens (tertiary/aromatic N) is 1. The first kappa shape index (κ1) is 11.0. The Kier molecular flexibility index (Phi) is 3.83. The zero-order valence-corrected chi connectivity index (χ0v) is 9.30. The highest BCUT2D eigenvalue weighted by Crippen LogP contribution is 2.10. The molecule has 1 aliphatic heterocycles. The largest absolute Gasteiger partial charge is 0.508 e. The third-order valence-electron chi connectivity index (χ3n) is 2.65. The van der Waals surface area contributed by atoms with E-state index in [0.29, 0.717) is 5.75 Å². The van der Waals surface area contributed by atoms with Gasteiger partial charge in [0.15, 0.2) is 0 Å². The van der Waals surface area contributed by atoms with Crippen LogP contribution in [0.4, 0.5) is 0 Å². The van der Waals surface area contributed by atoms with Gasteiger partial charge in [0.1, 0.15) is 5.75 Å². The van der Waals surface area contributed by atoms with Gasteiger partial charge in [-0.1, -0.05) is 18.2 Å². The third-order valence-corrected chi connectivity index (χ3v) is 2.65. The summed E-state index contributed by atoms with van der Waals surface area (Å²) < 4.78 is 5.27. The number of hydrogen-bond donors (Lipinski definition) is 1. The van der Waals surface area contributed by atoms with Crippen molar-refractivity contribution in [2.24, 2.45) is 0 Å². The molecule has 3 nitrogen and oxygen atoms in total. The lowest BCUT2D eigenvalue weighted by molar-refractivity contribution is 0.0593. The maximum absolute atomic E-state index is 9.15. The fraction of sp³-hybridized carbons (Fsp3) is 0.385. The second-order valence-electron chi connectivity index (χ2n) is 3.90. The van der Waals surface area contributed by atoms with Gasteiger partial charge in [-0.25, -0.2) is 0 Å². The summed E-state index contributed by atoms with van der Waals surface area (Å²) in [5, 5.41) is 9.15. The van der Waals surface area contributed by atoms with Gasteiger partial charge < -0.3 is 14.7 Å². The minimum Gasteiger partial charge on any atom is -0.508 e. The molecule has 1 aliphatic rings. The zero-order chi connectivity index (χ0) is 11.2. The molecule has 0 aliphatic carbocycles. The van der Waals surface area contributed by atoms with E-state index in [4.69, 9.17) is 9.84 Å². The van der Waals surface area contributed by atoms with Crippen molar-refractivity contribution >= 4 is 0 Å². The number of ether oxygens (including phenoxy) is 1. The van der Waals surface area contributed by atoms with Crippen LogP contribution >= 0.6 is 0 Å². The highest BCUT2D eigenvalue weighted by Gasteiger charge is 2.04. The summed E-state index contributed by atoms with van der Waals surface area (Å²) in [6, 6.07) is 7.33. The standard InChI is InChI=1S/C13H17NO2/c15-13-5-3-12(4-6-13)2-1-7-14-8-10-16-11-9-14/h1,3-7,15H,2,8-11H2. The van der Waals surface area contributed by atoms with Crippen LogP contribution in [0.2, 0.25) is 0 Å². The smallest absolute Gasteiger partial charge is 0.115 e. The predicted molar refractivity (Wildman–Crippen MR) is 63.3 cm³/mol. The van der Waals surface area contributed by atoms with Crippen molar-refractivity contribution < 1.29 is 9.84 Å². The maximum atomic E-state index is 9.15. The van der Waals surface area contributed by atoms with E-state index in [1.54, 1.807) is 12.1 Å². The number of morpholine rings is 1. The maximum Gasteiger partial charge on any atom is 0.115 e. The number of phenolic OH excluding ortho intramolecular Hbond substituents is 1. The third kappa shape index (κ3) is 3.28. The first-order chi connectivity index (χ1) is 7.84. The number of benzene rings is 1. The summed E-state index contributed by atoms with van der Waals surface area (Å²) in [7, 11) is 0. The van der Waals surface area contributed by atoms with Crippen LogP contribution in [-0.4, -0.2) is 36.3 Å². The van der Waals surface area contributed by atoms with Gasteiger partial charge in [-0.2, -0.15) is 0 Å². The van der Waals surface area contributed by atoms with Gasteiger partial charge in [-0.15, -0.1) is 0 Å². The second-order valence-corrected chi connectivity index (χ2v) is 3.90. The lowest BCUT2D eigenvalue weighted by Crippen LogP contribution is -2.32. The number of allylic oxidation sites excluding steroid dienone is 1. The Hall–Kier alpha value is -1.48. The zero-order valence-electron chi connectivity index (χ0n) is 9.30. The molecule has 0 bridgehead atoms. The topological polar surface area (TPSA) is 32.7 Å². The van der Waals surface area contributed by atoms with E-state index in [9.17, 15) is 0 Å². The summed E-state index contributed by atoms with van der Waals surface area (Å²) in [5.74, 6) is 0.320. The Balaban J connectivity index is 1.81. The average Bonchev–Trinajstić information content (AvgIpc) is 2.33. The number of rotatable bonds is 3. The van der Waals surface area contributed by atoms with E-state index in [0.717, 1.165) is 32.7 Å². The number of aromatic hydroxyl groups is 1. The van der Waals surface area contributed by atoms with E-state index < -0.39 is 0 Å². The number of phenols is 1. The molecule has 0 aromatic heterocycles. The van der Waals surface area contributed by atoms with E-state index in [1.807, 2.05) is 12.1 Å². The van der Waals surface area contributed by atoms with Gasteiger partial charge in [0.25, 0.3) is 0 Å². The van der Waals surface area contributed by atoms with Crippen LogP contribution in [0.3, 0.4) is 0 Å². The van der Waals surface area contributed by atoms with E-state index in [-0.39, 0.29) is 0 Å². The van der Waals surface area contributed by atoms with Gasteiger partial charge in [0.2, 0.25) is 0 Å². The molecule has 3 heteroatoms. The Labute approximate surface area is 96.0 Å². The molecular weight excluding hydrogens is 202 g/mol. The lowest BCUT2D eigenvalue weighted by atomic mass is 10.1. The number of hydrogen-bond acceptors (Lipinski definition) is 3. The molecule has 1 saturated heterocycles. The first-order valence-corrected chi connectivity index (χ1v) is 5.61. The monoisotopic (exact) mass is 219 g/mol. The molecule has 1 aromatic rings. The summed E-state index contributed by atoms with van der Waals surface area (Å²) in [4.78, 5) is 2.27. The highest BCUT2D eigenvalue weighted by molar-refractivity contribution is 5.27.